The largest absolute Gasteiger partial charge is 0.483 e. The molecule has 0 aromatic carbocycles. The molecule has 90 valence electrons. The summed E-state index contributed by atoms with van der Waals surface area (Å²) in [4.78, 5) is 3.96. The minimum atomic E-state index is -4.35. The highest BCUT2D eigenvalue weighted by Gasteiger charge is 2.28. The van der Waals surface area contributed by atoms with Gasteiger partial charge in [0.25, 0.3) is 0 Å². The molecule has 17 heavy (non-hydrogen) atoms. The zero-order chi connectivity index (χ0) is 12.3. The molecule has 0 radical (unpaired) electrons. The van der Waals surface area contributed by atoms with Gasteiger partial charge in [-0.05, 0) is 18.2 Å². The lowest BCUT2D eigenvalue weighted by molar-refractivity contribution is -0.153. The molecule has 0 bridgehead atoms. The van der Waals surface area contributed by atoms with Crippen molar-refractivity contribution in [2.24, 2.45) is 0 Å². The Kier molecular flexibility index (Phi) is 2.99. The van der Waals surface area contributed by atoms with E-state index in [2.05, 4.69) is 19.9 Å². The quantitative estimate of drug-likeness (QED) is 0.900. The van der Waals surface area contributed by atoms with Gasteiger partial charge in [-0.1, -0.05) is 0 Å². The third-order valence-corrected chi connectivity index (χ3v) is 1.92. The van der Waals surface area contributed by atoms with E-state index < -0.39 is 12.8 Å². The highest BCUT2D eigenvalue weighted by atomic mass is 19.4. The molecule has 0 fully saturated rings. The third kappa shape index (κ3) is 3.20. The molecule has 2 aromatic rings. The maximum Gasteiger partial charge on any atom is 0.422 e. The molecule has 0 atom stereocenters. The van der Waals surface area contributed by atoms with Crippen molar-refractivity contribution in [3.05, 3.63) is 30.6 Å². The monoisotopic (exact) mass is 243 g/mol. The Hall–Kier alpha value is -2.05. The van der Waals surface area contributed by atoms with Gasteiger partial charge >= 0.3 is 6.18 Å². The van der Waals surface area contributed by atoms with Gasteiger partial charge in [-0.3, -0.25) is 10.1 Å². The highest BCUT2D eigenvalue weighted by molar-refractivity contribution is 5.53. The van der Waals surface area contributed by atoms with Crippen molar-refractivity contribution in [3.63, 3.8) is 0 Å². The van der Waals surface area contributed by atoms with E-state index in [1.807, 2.05) is 0 Å². The lowest BCUT2D eigenvalue weighted by Crippen LogP contribution is -2.19. The molecule has 0 aliphatic heterocycles. The molecular formula is C10H8F3N3O. The standard InChI is InChI=1S/C10H8F3N3O/c11-10(12,13)6-17-7-1-2-8(14-5-7)9-3-4-15-16-9/h1-5H,6H2,(H,15,16). The van der Waals surface area contributed by atoms with E-state index in [1.54, 1.807) is 18.3 Å². The maximum absolute atomic E-state index is 11.9. The van der Waals surface area contributed by atoms with Gasteiger partial charge < -0.3 is 4.74 Å². The van der Waals surface area contributed by atoms with E-state index in [-0.39, 0.29) is 5.75 Å². The van der Waals surface area contributed by atoms with E-state index in [0.29, 0.717) is 11.4 Å². The van der Waals surface area contributed by atoms with Gasteiger partial charge in [0.15, 0.2) is 6.61 Å². The Labute approximate surface area is 94.4 Å². The lowest BCUT2D eigenvalue weighted by Gasteiger charge is -2.08. The maximum atomic E-state index is 11.9. The average molecular weight is 243 g/mol. The number of nitrogens with one attached hydrogen (secondary N) is 1. The van der Waals surface area contributed by atoms with Gasteiger partial charge in [-0.15, -0.1) is 0 Å². The van der Waals surface area contributed by atoms with Crippen molar-refractivity contribution in [1.82, 2.24) is 15.2 Å². The summed E-state index contributed by atoms with van der Waals surface area (Å²) in [5.74, 6) is 0.0746. The van der Waals surface area contributed by atoms with Gasteiger partial charge in [0.1, 0.15) is 5.75 Å². The summed E-state index contributed by atoms with van der Waals surface area (Å²) in [5.41, 5.74) is 1.27. The second-order valence-electron chi connectivity index (χ2n) is 3.25. The number of halogens is 3. The first kappa shape index (κ1) is 11.4. The van der Waals surface area contributed by atoms with Crippen LogP contribution in [0.1, 0.15) is 0 Å². The molecular weight excluding hydrogens is 235 g/mol. The Morgan fingerprint density at radius 3 is 2.59 bits per heavy atom. The minimum absolute atomic E-state index is 0.0746. The molecule has 2 rings (SSSR count). The van der Waals surface area contributed by atoms with Crippen LogP contribution in [-0.2, 0) is 0 Å². The van der Waals surface area contributed by atoms with E-state index in [1.165, 1.54) is 12.3 Å². The molecule has 4 nitrogen and oxygen atoms in total. The van der Waals surface area contributed by atoms with Gasteiger partial charge in [0.05, 0.1) is 17.6 Å². The molecule has 0 aliphatic carbocycles. The molecule has 1 N–H and O–H groups in total. The van der Waals surface area contributed by atoms with Crippen LogP contribution >= 0.6 is 0 Å². The van der Waals surface area contributed by atoms with Crippen molar-refractivity contribution in [2.45, 2.75) is 6.18 Å². The number of aromatic amines is 1. The molecule has 0 saturated heterocycles. The van der Waals surface area contributed by atoms with E-state index >= 15 is 0 Å². The van der Waals surface area contributed by atoms with Crippen molar-refractivity contribution in [3.8, 4) is 17.1 Å². The SMILES string of the molecule is FC(F)(F)COc1ccc(-c2ccn[nH]2)nc1. The second-order valence-corrected chi connectivity index (χ2v) is 3.25. The number of hydrogen-bond acceptors (Lipinski definition) is 3. The highest BCUT2D eigenvalue weighted by Crippen LogP contribution is 2.20. The Balaban J connectivity index is 2.04. The van der Waals surface area contributed by atoms with Crippen LogP contribution in [0.4, 0.5) is 13.2 Å². The Bertz CT molecular complexity index is 465. The summed E-state index contributed by atoms with van der Waals surface area (Å²) < 4.78 is 40.2. The lowest BCUT2D eigenvalue weighted by atomic mass is 10.3. The summed E-state index contributed by atoms with van der Waals surface area (Å²) in [6, 6.07) is 4.69. The number of H-pyrrole nitrogens is 1. The average Bonchev–Trinajstić information content (AvgIpc) is 2.79. The Morgan fingerprint density at radius 1 is 1.24 bits per heavy atom. The fourth-order valence-corrected chi connectivity index (χ4v) is 1.19. The molecule has 0 aliphatic rings. The van der Waals surface area contributed by atoms with Gasteiger partial charge in [-0.2, -0.15) is 18.3 Å². The fraction of sp³-hybridized carbons (Fsp3) is 0.200. The molecule has 0 saturated carbocycles. The normalized spacial score (nSPS) is 11.5. The number of alkyl halides is 3. The number of nitrogens with zero attached hydrogens (tertiary/aromatic N) is 2. The number of rotatable bonds is 3. The van der Waals surface area contributed by atoms with Crippen LogP contribution in [0.15, 0.2) is 30.6 Å². The van der Waals surface area contributed by atoms with Crippen molar-refractivity contribution >= 4 is 0 Å². The number of pyridine rings is 1. The van der Waals surface area contributed by atoms with Gasteiger partial charge in [0, 0.05) is 6.20 Å². The predicted octanol–water partition coefficient (Wildman–Crippen LogP) is 2.41. The predicted molar refractivity (Wildman–Crippen MR) is 53.4 cm³/mol. The zero-order valence-corrected chi connectivity index (χ0v) is 8.53. The van der Waals surface area contributed by atoms with Crippen molar-refractivity contribution in [1.29, 1.82) is 0 Å². The molecule has 0 spiro atoms. The van der Waals surface area contributed by atoms with Crippen LogP contribution < -0.4 is 4.74 Å². The van der Waals surface area contributed by atoms with Gasteiger partial charge in [0.2, 0.25) is 0 Å². The van der Waals surface area contributed by atoms with Crippen LogP contribution in [0.5, 0.6) is 5.75 Å². The summed E-state index contributed by atoms with van der Waals surface area (Å²) in [7, 11) is 0. The summed E-state index contributed by atoms with van der Waals surface area (Å²) in [5, 5.41) is 6.44. The zero-order valence-electron chi connectivity index (χ0n) is 8.53. The summed E-state index contributed by atoms with van der Waals surface area (Å²) in [6.07, 6.45) is -1.55. The Morgan fingerprint density at radius 2 is 2.06 bits per heavy atom. The van der Waals surface area contributed by atoms with Crippen LogP contribution in [0.2, 0.25) is 0 Å². The van der Waals surface area contributed by atoms with Crippen LogP contribution in [0.3, 0.4) is 0 Å². The summed E-state index contributed by atoms with van der Waals surface area (Å²) >= 11 is 0. The van der Waals surface area contributed by atoms with E-state index in [9.17, 15) is 13.2 Å². The van der Waals surface area contributed by atoms with E-state index in [0.717, 1.165) is 0 Å². The first-order valence-electron chi connectivity index (χ1n) is 4.70. The van der Waals surface area contributed by atoms with Crippen molar-refractivity contribution < 1.29 is 17.9 Å². The third-order valence-electron chi connectivity index (χ3n) is 1.92. The number of aromatic nitrogens is 3. The first-order chi connectivity index (χ1) is 8.04. The van der Waals surface area contributed by atoms with Crippen LogP contribution in [0.25, 0.3) is 11.4 Å². The van der Waals surface area contributed by atoms with Crippen LogP contribution in [-0.4, -0.2) is 28.0 Å². The van der Waals surface area contributed by atoms with Gasteiger partial charge in [-0.25, -0.2) is 0 Å². The number of ether oxygens (including phenoxy) is 1. The molecule has 7 heteroatoms. The second kappa shape index (κ2) is 4.44. The molecule has 2 heterocycles. The minimum Gasteiger partial charge on any atom is -0.483 e. The van der Waals surface area contributed by atoms with Crippen molar-refractivity contribution in [2.75, 3.05) is 6.61 Å². The molecule has 0 amide bonds. The molecule has 0 unspecified atom stereocenters. The first-order valence-corrected chi connectivity index (χ1v) is 4.70. The topological polar surface area (TPSA) is 50.8 Å². The summed E-state index contributed by atoms with van der Waals surface area (Å²) in [6.45, 7) is -1.32. The number of hydrogen-bond donors (Lipinski definition) is 1. The van der Waals surface area contributed by atoms with E-state index in [4.69, 9.17) is 0 Å². The smallest absolute Gasteiger partial charge is 0.422 e. The van der Waals surface area contributed by atoms with Crippen LogP contribution in [0, 0.1) is 0 Å². The molecule has 2 aromatic heterocycles. The fourth-order valence-electron chi connectivity index (χ4n) is 1.19.